The van der Waals surface area contributed by atoms with Crippen LogP contribution < -0.4 is 0 Å². The van der Waals surface area contributed by atoms with Crippen molar-refractivity contribution >= 4 is 29.5 Å². The summed E-state index contributed by atoms with van der Waals surface area (Å²) in [5.41, 5.74) is -6.46. The zero-order valence-corrected chi connectivity index (χ0v) is 25.2. The first kappa shape index (κ1) is 31.9. The van der Waals surface area contributed by atoms with Crippen molar-refractivity contribution in [3.63, 3.8) is 0 Å². The molecule has 4 aliphatic rings. The molecule has 0 saturated heterocycles. The first-order valence-corrected chi connectivity index (χ1v) is 14.7. The lowest BCUT2D eigenvalue weighted by Gasteiger charge is -2.63. The van der Waals surface area contributed by atoms with Crippen LogP contribution in [0.5, 0.6) is 0 Å². The van der Waals surface area contributed by atoms with Crippen molar-refractivity contribution in [2.75, 3.05) is 19.6 Å². The number of ether oxygens (including phenoxy) is 1. The Bertz CT molecular complexity index is 1040. The molecular weight excluding hydrogens is 524 g/mol. The van der Waals surface area contributed by atoms with Crippen LogP contribution in [0.15, 0.2) is 23.8 Å². The van der Waals surface area contributed by atoms with Crippen LogP contribution in [-0.2, 0) is 19.1 Å². The fourth-order valence-corrected chi connectivity index (χ4v) is 8.68. The molecule has 0 aromatic rings. The van der Waals surface area contributed by atoms with Gasteiger partial charge in [0.25, 0.3) is 0 Å². The van der Waals surface area contributed by atoms with Crippen LogP contribution in [0.25, 0.3) is 0 Å². The molecule has 0 radical (unpaired) electrons. The Balaban J connectivity index is 0.000000532. The van der Waals surface area contributed by atoms with Crippen molar-refractivity contribution in [3.05, 3.63) is 23.8 Å². The Kier molecular flexibility index (Phi) is 9.30. The minimum atomic E-state index is -2.24. The van der Waals surface area contributed by atoms with Gasteiger partial charge in [0, 0.05) is 29.1 Å². The van der Waals surface area contributed by atoms with Crippen molar-refractivity contribution in [2.24, 2.45) is 28.6 Å². The molecule has 0 bridgehead atoms. The molecule has 0 aromatic heterocycles. The molecule has 0 heterocycles. The van der Waals surface area contributed by atoms with Gasteiger partial charge < -0.3 is 14.7 Å². The Morgan fingerprint density at radius 2 is 1.72 bits per heavy atom. The summed E-state index contributed by atoms with van der Waals surface area (Å²) in [4.78, 5) is 39.5. The van der Waals surface area contributed by atoms with Crippen LogP contribution in [0.1, 0.15) is 74.1 Å². The predicted molar refractivity (Wildman–Crippen MR) is 150 cm³/mol. The number of halogens is 2. The third-order valence-corrected chi connectivity index (χ3v) is 10.7. The molecule has 0 amide bonds. The molecule has 0 aliphatic heterocycles. The first-order chi connectivity index (χ1) is 18.1. The topological polar surface area (TPSA) is 83.9 Å². The van der Waals surface area contributed by atoms with Gasteiger partial charge in [-0.1, -0.05) is 47.6 Å². The van der Waals surface area contributed by atoms with E-state index in [1.165, 1.54) is 38.7 Å². The third kappa shape index (κ3) is 4.64. The van der Waals surface area contributed by atoms with Crippen LogP contribution in [0.2, 0.25) is 0 Å². The Hall–Kier alpha value is -1.58. The van der Waals surface area contributed by atoms with E-state index in [1.807, 2.05) is 0 Å². The number of thiol groups is 1. The van der Waals surface area contributed by atoms with E-state index in [4.69, 9.17) is 4.74 Å². The van der Waals surface area contributed by atoms with Crippen molar-refractivity contribution in [1.82, 2.24) is 4.90 Å². The fourth-order valence-electron chi connectivity index (χ4n) is 8.16. The highest BCUT2D eigenvalue weighted by Gasteiger charge is 2.77. The van der Waals surface area contributed by atoms with Crippen molar-refractivity contribution in [2.45, 2.75) is 97.7 Å². The molecule has 39 heavy (non-hydrogen) atoms. The van der Waals surface area contributed by atoms with E-state index in [-0.39, 0.29) is 24.8 Å². The molecule has 9 atom stereocenters. The summed E-state index contributed by atoms with van der Waals surface area (Å²) in [6.07, 6.45) is 0.619. The number of ketones is 1. The van der Waals surface area contributed by atoms with Crippen LogP contribution in [0.4, 0.5) is 8.78 Å². The second-order valence-electron chi connectivity index (χ2n) is 12.0. The minimum Gasteiger partial charge on any atom is -0.449 e. The number of hydrogen-bond donors (Lipinski definition) is 2. The zero-order valence-electron chi connectivity index (χ0n) is 24.3. The van der Waals surface area contributed by atoms with Gasteiger partial charge in [0.1, 0.15) is 6.17 Å². The number of aliphatic hydroxyl groups excluding tert-OH is 1. The minimum absolute atomic E-state index is 0.0476. The van der Waals surface area contributed by atoms with Gasteiger partial charge >= 0.3 is 5.97 Å². The SMILES string of the molecule is CCC(=O)O[C@]1(C(=O)S)[C@H](C)C[C@H]2[C@@H]3C[C@H](F)C4=CC(=O)C=C[C@]4(C)[C@@]3(F)[C@@H](O)C[C@@]21C.CCN(CC)CC. The Morgan fingerprint density at radius 3 is 2.21 bits per heavy atom. The molecule has 3 saturated carbocycles. The zero-order chi connectivity index (χ0) is 29.6. The highest BCUT2D eigenvalue weighted by Crippen LogP contribution is 2.71. The summed E-state index contributed by atoms with van der Waals surface area (Å²) in [7, 11) is 0. The van der Waals surface area contributed by atoms with E-state index in [1.54, 1.807) is 20.8 Å². The summed E-state index contributed by atoms with van der Waals surface area (Å²) >= 11 is 4.09. The second kappa shape index (κ2) is 11.4. The fraction of sp³-hybridized carbons (Fsp3) is 0.767. The van der Waals surface area contributed by atoms with Gasteiger partial charge in [0.05, 0.1) is 6.10 Å². The van der Waals surface area contributed by atoms with E-state index in [9.17, 15) is 19.5 Å². The largest absolute Gasteiger partial charge is 0.449 e. The first-order valence-electron chi connectivity index (χ1n) is 14.3. The normalized spacial score (nSPS) is 42.5. The van der Waals surface area contributed by atoms with Crippen molar-refractivity contribution in [3.8, 4) is 0 Å². The molecular formula is C30H45F2NO5S. The van der Waals surface area contributed by atoms with Gasteiger partial charge in [-0.25, -0.2) is 8.78 Å². The molecule has 1 N–H and O–H groups in total. The van der Waals surface area contributed by atoms with Crippen molar-refractivity contribution in [1.29, 1.82) is 0 Å². The number of hydrogen-bond acceptors (Lipinski definition) is 6. The van der Waals surface area contributed by atoms with Gasteiger partial charge in [-0.3, -0.25) is 14.4 Å². The molecule has 0 unspecified atom stereocenters. The monoisotopic (exact) mass is 569 g/mol. The smallest absolute Gasteiger partial charge is 0.306 e. The molecule has 0 aromatic carbocycles. The second-order valence-corrected chi connectivity index (χ2v) is 12.4. The quantitative estimate of drug-likeness (QED) is 0.344. The molecule has 220 valence electrons. The lowest BCUT2D eigenvalue weighted by Crippen LogP contribution is -2.70. The molecule has 9 heteroatoms. The number of esters is 1. The van der Waals surface area contributed by atoms with Crippen LogP contribution >= 0.6 is 12.6 Å². The van der Waals surface area contributed by atoms with Crippen LogP contribution in [-0.4, -0.2) is 70.1 Å². The van der Waals surface area contributed by atoms with Gasteiger partial charge in [0.2, 0.25) is 5.12 Å². The maximum Gasteiger partial charge on any atom is 0.306 e. The van der Waals surface area contributed by atoms with E-state index in [0.717, 1.165) is 6.08 Å². The summed E-state index contributed by atoms with van der Waals surface area (Å²) in [5, 5.41) is 10.7. The van der Waals surface area contributed by atoms with E-state index >= 15 is 8.78 Å². The van der Waals surface area contributed by atoms with Gasteiger partial charge in [0.15, 0.2) is 17.1 Å². The van der Waals surface area contributed by atoms with Gasteiger partial charge in [-0.2, -0.15) is 0 Å². The number of allylic oxidation sites excluding steroid dienone is 4. The molecule has 6 nitrogen and oxygen atoms in total. The Labute approximate surface area is 237 Å². The maximum absolute atomic E-state index is 17.1. The number of aliphatic hydroxyl groups is 1. The van der Waals surface area contributed by atoms with E-state index in [0.29, 0.717) is 6.42 Å². The van der Waals surface area contributed by atoms with Crippen LogP contribution in [0.3, 0.4) is 0 Å². The number of carbonyl (C=O) groups is 3. The number of nitrogens with zero attached hydrogens (tertiary/aromatic N) is 1. The van der Waals surface area contributed by atoms with Gasteiger partial charge in [-0.05, 0) is 69.5 Å². The highest BCUT2D eigenvalue weighted by atomic mass is 32.1. The average molecular weight is 570 g/mol. The third-order valence-electron chi connectivity index (χ3n) is 10.4. The molecule has 4 rings (SSSR count). The number of rotatable bonds is 6. The number of carbonyl (C=O) groups excluding carboxylic acids is 3. The Morgan fingerprint density at radius 1 is 1.13 bits per heavy atom. The summed E-state index contributed by atoms with van der Waals surface area (Å²) in [5.74, 6) is -2.94. The number of fused-ring (bicyclic) bond motifs is 5. The lowest BCUT2D eigenvalue weighted by atomic mass is 9.44. The molecule has 4 aliphatic carbocycles. The van der Waals surface area contributed by atoms with Crippen LogP contribution in [0, 0.1) is 28.6 Å². The van der Waals surface area contributed by atoms with E-state index in [2.05, 4.69) is 38.3 Å². The average Bonchev–Trinajstić information content (AvgIpc) is 3.10. The van der Waals surface area contributed by atoms with Gasteiger partial charge in [-0.15, -0.1) is 12.6 Å². The molecule has 0 spiro atoms. The van der Waals surface area contributed by atoms with E-state index < -0.39 is 69.0 Å². The summed E-state index contributed by atoms with van der Waals surface area (Å²) in [6.45, 7) is 16.7. The molecule has 3 fully saturated rings. The summed E-state index contributed by atoms with van der Waals surface area (Å²) in [6, 6.07) is 0. The summed E-state index contributed by atoms with van der Waals surface area (Å²) < 4.78 is 38.3. The predicted octanol–water partition coefficient (Wildman–Crippen LogP) is 5.05. The standard InChI is InChI=1S/C24H30F2O5S.C6H15N/c1-5-19(29)31-24(20(30)32)12(2)8-14-15-10-17(25)16-9-13(27)6-7-21(16,3)23(15,26)18(28)11-22(14,24)4;1-4-7(5-2)6-3/h6-7,9,12,14-15,17-18,28H,5,8,10-11H2,1-4H3,(H,30,32);4-6H2,1-3H3/t12-,14+,15+,17+,18+,21+,22+,23+,24+;/m1./s1. The maximum atomic E-state index is 17.1. The lowest BCUT2D eigenvalue weighted by molar-refractivity contribution is -0.228. The van der Waals surface area contributed by atoms with Crippen molar-refractivity contribution < 1.29 is 33.0 Å². The number of alkyl halides is 2. The highest BCUT2D eigenvalue weighted by molar-refractivity contribution is 7.96.